The lowest BCUT2D eigenvalue weighted by Crippen LogP contribution is -2.00. The van der Waals surface area contributed by atoms with Crippen molar-refractivity contribution in [3.63, 3.8) is 0 Å². The highest BCUT2D eigenvalue weighted by atomic mass is 32.1. The van der Waals surface area contributed by atoms with Crippen LogP contribution in [0.4, 0.5) is 0 Å². The lowest BCUT2D eigenvalue weighted by Gasteiger charge is -2.08. The highest BCUT2D eigenvalue weighted by molar-refractivity contribution is 7.21. The van der Waals surface area contributed by atoms with Crippen molar-refractivity contribution in [3.05, 3.63) is 174 Å². The number of aromatic nitrogens is 6. The zero-order chi connectivity index (χ0) is 39.5. The zero-order valence-electron chi connectivity index (χ0n) is 32.3. The molecule has 0 amide bonds. The largest absolute Gasteiger partial charge is 0.428 e. The van der Waals surface area contributed by atoms with Crippen molar-refractivity contribution >= 4 is 51.4 Å². The average molecular weight is 761 g/mol. The molecule has 0 radical (unpaired) electrons. The molecule has 8 rings (SSSR count). The number of hydrogen-bond donors (Lipinski definition) is 0. The molecule has 0 spiro atoms. The summed E-state index contributed by atoms with van der Waals surface area (Å²) in [6.07, 6.45) is 13.7. The lowest BCUT2D eigenvalue weighted by atomic mass is 9.99. The van der Waals surface area contributed by atoms with E-state index in [9.17, 15) is 0 Å². The molecule has 0 aliphatic carbocycles. The molecule has 0 fully saturated rings. The Morgan fingerprint density at radius 2 is 1.37 bits per heavy atom. The number of rotatable bonds is 11. The molecule has 4 aromatic heterocycles. The minimum Gasteiger partial charge on any atom is -0.428 e. The normalized spacial score (nSPS) is 12.0. The summed E-state index contributed by atoms with van der Waals surface area (Å²) < 4.78 is 9.30. The maximum Gasteiger partial charge on any atom is 0.307 e. The molecular weight excluding hydrogens is 721 g/mol. The highest BCUT2D eigenvalue weighted by Gasteiger charge is 2.22. The number of hydrogen-bond acceptors (Lipinski definition) is 7. The smallest absolute Gasteiger partial charge is 0.307 e. The molecule has 4 heterocycles. The van der Waals surface area contributed by atoms with Crippen LogP contribution in [0.25, 0.3) is 90.8 Å². The molecule has 0 bridgehead atoms. The summed E-state index contributed by atoms with van der Waals surface area (Å²) in [5.41, 5.74) is 11.7. The number of fused-ring (bicyclic) bond motifs is 1. The third-order valence-corrected chi connectivity index (χ3v) is 10.8. The van der Waals surface area contributed by atoms with E-state index < -0.39 is 0 Å². The van der Waals surface area contributed by atoms with Crippen LogP contribution in [0, 0.1) is 13.8 Å². The van der Waals surface area contributed by atoms with Crippen LogP contribution < -0.4 is 0 Å². The summed E-state index contributed by atoms with van der Waals surface area (Å²) >= 11 is 1.67. The van der Waals surface area contributed by atoms with Gasteiger partial charge in [0.15, 0.2) is 17.5 Å². The SMILES string of the molecule is C=C/C=C\c1nc(-n2c(C)c(/C=C\C)c(/C=C(\C)c3cccc(-c4nc5cc(-c6nc(-c7ccccc7)nc(-c7ccccc7)n6)ccc5s4)c3)c2C=C)oc1C. The fraction of sp³-hybridized carbons (Fsp3) is 0.0816. The van der Waals surface area contributed by atoms with E-state index in [-0.39, 0.29) is 0 Å². The van der Waals surface area contributed by atoms with E-state index in [1.165, 1.54) is 0 Å². The summed E-state index contributed by atoms with van der Waals surface area (Å²) in [6.45, 7) is 16.1. The molecule has 8 heteroatoms. The third kappa shape index (κ3) is 7.38. The summed E-state index contributed by atoms with van der Waals surface area (Å²) in [7, 11) is 0. The first-order valence-corrected chi connectivity index (χ1v) is 19.5. The first kappa shape index (κ1) is 36.9. The Morgan fingerprint density at radius 3 is 2.02 bits per heavy atom. The van der Waals surface area contributed by atoms with Gasteiger partial charge in [-0.3, -0.25) is 4.57 Å². The fourth-order valence-electron chi connectivity index (χ4n) is 6.86. The molecule has 57 heavy (non-hydrogen) atoms. The third-order valence-electron chi connectivity index (χ3n) is 9.73. The second kappa shape index (κ2) is 16.0. The van der Waals surface area contributed by atoms with Gasteiger partial charge in [0.25, 0.3) is 0 Å². The Kier molecular flexibility index (Phi) is 10.4. The van der Waals surface area contributed by atoms with Crippen LogP contribution in [0.3, 0.4) is 0 Å². The summed E-state index contributed by atoms with van der Waals surface area (Å²) in [4.78, 5) is 24.6. The molecule has 8 aromatic rings. The Labute approximate surface area is 336 Å². The number of oxazole rings is 1. The van der Waals surface area contributed by atoms with Crippen LogP contribution in [-0.4, -0.2) is 29.5 Å². The standard InChI is InChI=1S/C49H40N6OS/c1-7-10-25-41-33(6)56-49(51-41)55-32(5)39(18-8-2)40(43(55)9-3)28-31(4)36-23-17-24-38(29-36)48-50-42-30-37(26-27-44(42)57-48)47-53-45(34-19-13-11-14-20-34)52-46(54-47)35-21-15-12-16-22-35/h7-30H,1,3H2,2,4-6H3/b18-8-,25-10-,31-28+. The van der Waals surface area contributed by atoms with E-state index in [1.807, 2.05) is 97.3 Å². The summed E-state index contributed by atoms with van der Waals surface area (Å²) in [6, 6.07) is 35.3. The van der Waals surface area contributed by atoms with Gasteiger partial charge in [-0.2, -0.15) is 4.98 Å². The molecule has 0 saturated carbocycles. The van der Waals surface area contributed by atoms with E-state index in [1.54, 1.807) is 17.4 Å². The first-order chi connectivity index (χ1) is 27.8. The maximum atomic E-state index is 6.18. The monoisotopic (exact) mass is 760 g/mol. The molecule has 0 unspecified atom stereocenters. The van der Waals surface area contributed by atoms with Crippen molar-refractivity contribution in [2.24, 2.45) is 0 Å². The van der Waals surface area contributed by atoms with Gasteiger partial charge in [-0.05, 0) is 81.3 Å². The first-order valence-electron chi connectivity index (χ1n) is 18.7. The van der Waals surface area contributed by atoms with Crippen molar-refractivity contribution in [2.75, 3.05) is 0 Å². The van der Waals surface area contributed by atoms with E-state index in [0.717, 1.165) is 82.6 Å². The number of thiazole rings is 1. The molecule has 0 aliphatic heterocycles. The summed E-state index contributed by atoms with van der Waals surface area (Å²) in [5.74, 6) is 2.59. The quantitative estimate of drug-likeness (QED) is 0.122. The van der Waals surface area contributed by atoms with Gasteiger partial charge in [0.05, 0.1) is 15.9 Å². The minimum absolute atomic E-state index is 0.497. The molecule has 0 aliphatic rings. The van der Waals surface area contributed by atoms with E-state index in [0.29, 0.717) is 23.5 Å². The van der Waals surface area contributed by atoms with E-state index in [4.69, 9.17) is 29.3 Å². The van der Waals surface area contributed by atoms with Gasteiger partial charge in [0, 0.05) is 39.1 Å². The van der Waals surface area contributed by atoms with Crippen molar-refractivity contribution < 1.29 is 4.42 Å². The zero-order valence-corrected chi connectivity index (χ0v) is 33.1. The highest BCUT2D eigenvalue weighted by Crippen LogP contribution is 2.36. The van der Waals surface area contributed by atoms with Gasteiger partial charge >= 0.3 is 6.01 Å². The molecule has 0 N–H and O–H groups in total. The molecule has 278 valence electrons. The minimum atomic E-state index is 0.497. The van der Waals surface area contributed by atoms with Gasteiger partial charge in [0.2, 0.25) is 0 Å². The molecule has 0 saturated heterocycles. The van der Waals surface area contributed by atoms with Crippen LogP contribution >= 0.6 is 11.3 Å². The van der Waals surface area contributed by atoms with Crippen molar-refractivity contribution in [3.8, 4) is 50.7 Å². The Morgan fingerprint density at radius 1 is 0.702 bits per heavy atom. The van der Waals surface area contributed by atoms with Crippen molar-refractivity contribution in [1.82, 2.24) is 29.5 Å². The van der Waals surface area contributed by atoms with Crippen molar-refractivity contribution in [2.45, 2.75) is 27.7 Å². The topological polar surface area (TPSA) is 82.5 Å². The molecule has 7 nitrogen and oxygen atoms in total. The maximum absolute atomic E-state index is 6.18. The average Bonchev–Trinajstić information content (AvgIpc) is 3.93. The van der Waals surface area contributed by atoms with Crippen LogP contribution in [-0.2, 0) is 0 Å². The van der Waals surface area contributed by atoms with E-state index >= 15 is 0 Å². The molecule has 4 aromatic carbocycles. The number of aryl methyl sites for hydroxylation is 1. The van der Waals surface area contributed by atoms with Gasteiger partial charge in [-0.1, -0.05) is 116 Å². The Hall–Kier alpha value is -7.03. The second-order valence-corrected chi connectivity index (χ2v) is 14.5. The van der Waals surface area contributed by atoms with Crippen LogP contribution in [0.1, 0.15) is 53.4 Å². The van der Waals surface area contributed by atoms with Gasteiger partial charge in [-0.25, -0.2) is 19.9 Å². The van der Waals surface area contributed by atoms with E-state index in [2.05, 4.69) is 87.7 Å². The predicted molar refractivity (Wildman–Crippen MR) is 238 cm³/mol. The van der Waals surface area contributed by atoms with Gasteiger partial charge < -0.3 is 4.42 Å². The lowest BCUT2D eigenvalue weighted by molar-refractivity contribution is 0.498. The van der Waals surface area contributed by atoms with Crippen molar-refractivity contribution in [1.29, 1.82) is 0 Å². The Balaban J connectivity index is 1.15. The van der Waals surface area contributed by atoms with Gasteiger partial charge in [-0.15, -0.1) is 11.3 Å². The number of nitrogens with zero attached hydrogens (tertiary/aromatic N) is 6. The fourth-order valence-corrected chi connectivity index (χ4v) is 7.80. The number of allylic oxidation sites excluding steroid dienone is 4. The van der Waals surface area contributed by atoms with Crippen LogP contribution in [0.15, 0.2) is 139 Å². The Bertz CT molecular complexity index is 2820. The van der Waals surface area contributed by atoms with Gasteiger partial charge in [0.1, 0.15) is 16.5 Å². The predicted octanol–water partition coefficient (Wildman–Crippen LogP) is 13.0. The summed E-state index contributed by atoms with van der Waals surface area (Å²) in [5, 5.41) is 0.936. The number of benzene rings is 4. The van der Waals surface area contributed by atoms with Crippen LogP contribution in [0.2, 0.25) is 0 Å². The second-order valence-electron chi connectivity index (χ2n) is 13.5. The van der Waals surface area contributed by atoms with Crippen LogP contribution in [0.5, 0.6) is 0 Å². The molecule has 0 atom stereocenters. The molecular formula is C49H40N6OS.